The molecule has 0 fully saturated rings. The Balaban J connectivity index is 2.03. The molecule has 0 saturated carbocycles. The first-order valence-corrected chi connectivity index (χ1v) is 6.40. The summed E-state index contributed by atoms with van der Waals surface area (Å²) >= 11 is 7.11. The molecule has 0 aliphatic rings. The SMILES string of the molecule is Cc1ncc(CNC(=O)c2ccc(Cl)cc2F)s1. The van der Waals surface area contributed by atoms with E-state index in [0.717, 1.165) is 16.0 Å². The summed E-state index contributed by atoms with van der Waals surface area (Å²) in [5.74, 6) is -1.09. The lowest BCUT2D eigenvalue weighted by Crippen LogP contribution is -2.23. The van der Waals surface area contributed by atoms with Gasteiger partial charge in [-0.25, -0.2) is 9.37 Å². The van der Waals surface area contributed by atoms with Crippen molar-refractivity contribution in [1.29, 1.82) is 0 Å². The number of aryl methyl sites for hydroxylation is 1. The van der Waals surface area contributed by atoms with E-state index in [1.807, 2.05) is 6.92 Å². The van der Waals surface area contributed by atoms with Gasteiger partial charge >= 0.3 is 0 Å². The zero-order chi connectivity index (χ0) is 13.1. The maximum atomic E-state index is 13.5. The molecule has 0 atom stereocenters. The maximum Gasteiger partial charge on any atom is 0.254 e. The summed E-state index contributed by atoms with van der Waals surface area (Å²) in [6, 6.07) is 3.97. The molecule has 3 nitrogen and oxygen atoms in total. The number of hydrogen-bond acceptors (Lipinski definition) is 3. The molecule has 0 saturated heterocycles. The van der Waals surface area contributed by atoms with Crippen molar-refractivity contribution >= 4 is 28.8 Å². The molecule has 0 radical (unpaired) electrons. The van der Waals surface area contributed by atoms with E-state index in [2.05, 4.69) is 10.3 Å². The minimum Gasteiger partial charge on any atom is -0.347 e. The number of carbonyl (C=O) groups is 1. The van der Waals surface area contributed by atoms with E-state index in [0.29, 0.717) is 6.54 Å². The molecule has 1 aromatic heterocycles. The lowest BCUT2D eigenvalue weighted by molar-refractivity contribution is 0.0947. The zero-order valence-corrected chi connectivity index (χ0v) is 11.1. The van der Waals surface area contributed by atoms with Crippen LogP contribution in [0.4, 0.5) is 4.39 Å². The molecular formula is C12H10ClFN2OS. The normalized spacial score (nSPS) is 10.4. The van der Waals surface area contributed by atoms with Crippen molar-refractivity contribution in [2.24, 2.45) is 0 Å². The highest BCUT2D eigenvalue weighted by atomic mass is 35.5. The molecule has 2 rings (SSSR count). The van der Waals surface area contributed by atoms with Crippen LogP contribution in [-0.4, -0.2) is 10.9 Å². The summed E-state index contributed by atoms with van der Waals surface area (Å²) in [5.41, 5.74) is -0.0133. The van der Waals surface area contributed by atoms with E-state index >= 15 is 0 Å². The number of halogens is 2. The van der Waals surface area contributed by atoms with E-state index in [9.17, 15) is 9.18 Å². The van der Waals surface area contributed by atoms with Gasteiger partial charge in [-0.2, -0.15) is 0 Å². The number of thiazole rings is 1. The molecule has 0 spiro atoms. The van der Waals surface area contributed by atoms with Gasteiger partial charge in [-0.3, -0.25) is 4.79 Å². The Morgan fingerprint density at radius 1 is 1.56 bits per heavy atom. The second-order valence-electron chi connectivity index (χ2n) is 3.65. The van der Waals surface area contributed by atoms with Crippen molar-refractivity contribution in [2.45, 2.75) is 13.5 Å². The van der Waals surface area contributed by atoms with Gasteiger partial charge in [0.15, 0.2) is 0 Å². The van der Waals surface area contributed by atoms with Crippen LogP contribution < -0.4 is 5.32 Å². The molecule has 1 aromatic carbocycles. The monoisotopic (exact) mass is 284 g/mol. The Morgan fingerprint density at radius 2 is 2.33 bits per heavy atom. The smallest absolute Gasteiger partial charge is 0.254 e. The summed E-state index contributed by atoms with van der Waals surface area (Å²) < 4.78 is 13.5. The van der Waals surface area contributed by atoms with Crippen LogP contribution in [0.2, 0.25) is 5.02 Å². The first-order chi connectivity index (χ1) is 8.56. The Labute approximate surface area is 113 Å². The summed E-state index contributed by atoms with van der Waals surface area (Å²) in [4.78, 5) is 16.7. The van der Waals surface area contributed by atoms with Gasteiger partial charge in [-0.05, 0) is 25.1 Å². The molecule has 0 bridgehead atoms. The number of rotatable bonds is 3. The Hall–Kier alpha value is -1.46. The first-order valence-electron chi connectivity index (χ1n) is 5.21. The third-order valence-electron chi connectivity index (χ3n) is 2.27. The molecule has 2 aromatic rings. The Bertz CT molecular complexity index is 585. The number of hydrogen-bond donors (Lipinski definition) is 1. The third kappa shape index (κ3) is 3.05. The lowest BCUT2D eigenvalue weighted by Gasteiger charge is -2.04. The number of amides is 1. The van der Waals surface area contributed by atoms with Gasteiger partial charge in [0.05, 0.1) is 17.1 Å². The predicted molar refractivity (Wildman–Crippen MR) is 69.4 cm³/mol. The van der Waals surface area contributed by atoms with Crippen LogP contribution in [0.5, 0.6) is 0 Å². The summed E-state index contributed by atoms with van der Waals surface area (Å²) in [6.07, 6.45) is 1.69. The highest BCUT2D eigenvalue weighted by Crippen LogP contribution is 2.15. The van der Waals surface area contributed by atoms with Gasteiger partial charge in [0, 0.05) is 16.1 Å². The standard InChI is InChI=1S/C12H10ClFN2OS/c1-7-15-5-9(18-7)6-16-12(17)10-3-2-8(13)4-11(10)14/h2-5H,6H2,1H3,(H,16,17). The van der Waals surface area contributed by atoms with Crippen molar-refractivity contribution in [3.63, 3.8) is 0 Å². The molecule has 6 heteroatoms. The molecule has 0 unspecified atom stereocenters. The highest BCUT2D eigenvalue weighted by molar-refractivity contribution is 7.11. The Morgan fingerprint density at radius 3 is 2.94 bits per heavy atom. The second-order valence-corrected chi connectivity index (χ2v) is 5.41. The van der Waals surface area contributed by atoms with Crippen molar-refractivity contribution in [2.75, 3.05) is 0 Å². The fourth-order valence-corrected chi connectivity index (χ4v) is 2.32. The average molecular weight is 285 g/mol. The van der Waals surface area contributed by atoms with E-state index < -0.39 is 11.7 Å². The number of benzene rings is 1. The molecule has 1 amide bonds. The molecule has 18 heavy (non-hydrogen) atoms. The van der Waals surface area contributed by atoms with Crippen LogP contribution in [-0.2, 0) is 6.54 Å². The van der Waals surface area contributed by atoms with E-state index in [-0.39, 0.29) is 10.6 Å². The molecule has 0 aliphatic carbocycles. The first kappa shape index (κ1) is 13.0. The molecule has 94 valence electrons. The predicted octanol–water partition coefficient (Wildman–Crippen LogP) is 3.17. The summed E-state index contributed by atoms with van der Waals surface area (Å²) in [6.45, 7) is 2.22. The highest BCUT2D eigenvalue weighted by Gasteiger charge is 2.11. The number of nitrogens with one attached hydrogen (secondary N) is 1. The number of nitrogens with zero attached hydrogens (tertiary/aromatic N) is 1. The van der Waals surface area contributed by atoms with Gasteiger partial charge in [0.2, 0.25) is 0 Å². The van der Waals surface area contributed by atoms with E-state index in [4.69, 9.17) is 11.6 Å². The Kier molecular flexibility index (Phi) is 3.93. The minimum absolute atomic E-state index is 0.0133. The molecular weight excluding hydrogens is 275 g/mol. The minimum atomic E-state index is -0.625. The van der Waals surface area contributed by atoms with Crippen LogP contribution in [0.3, 0.4) is 0 Å². The second kappa shape index (κ2) is 5.46. The van der Waals surface area contributed by atoms with Crippen LogP contribution in [0.1, 0.15) is 20.2 Å². The van der Waals surface area contributed by atoms with Gasteiger partial charge in [-0.15, -0.1) is 11.3 Å². The molecule has 0 aliphatic heterocycles. The van der Waals surface area contributed by atoms with Crippen LogP contribution in [0.25, 0.3) is 0 Å². The van der Waals surface area contributed by atoms with Crippen molar-refractivity contribution in [3.05, 3.63) is 50.7 Å². The van der Waals surface area contributed by atoms with Gasteiger partial charge < -0.3 is 5.32 Å². The van der Waals surface area contributed by atoms with Gasteiger partial charge in [0.25, 0.3) is 5.91 Å². The number of carbonyl (C=O) groups excluding carboxylic acids is 1. The van der Waals surface area contributed by atoms with Gasteiger partial charge in [0.1, 0.15) is 5.82 Å². The molecule has 1 N–H and O–H groups in total. The summed E-state index contributed by atoms with van der Waals surface area (Å²) in [5, 5.41) is 3.83. The zero-order valence-electron chi connectivity index (χ0n) is 9.54. The average Bonchev–Trinajstić information content (AvgIpc) is 2.72. The maximum absolute atomic E-state index is 13.5. The van der Waals surface area contributed by atoms with Crippen molar-refractivity contribution in [3.8, 4) is 0 Å². The van der Waals surface area contributed by atoms with Crippen molar-refractivity contribution in [1.82, 2.24) is 10.3 Å². The largest absolute Gasteiger partial charge is 0.347 e. The summed E-state index contributed by atoms with van der Waals surface area (Å²) in [7, 11) is 0. The quantitative estimate of drug-likeness (QED) is 0.940. The topological polar surface area (TPSA) is 42.0 Å². The lowest BCUT2D eigenvalue weighted by atomic mass is 10.2. The van der Waals surface area contributed by atoms with Crippen molar-refractivity contribution < 1.29 is 9.18 Å². The van der Waals surface area contributed by atoms with Gasteiger partial charge in [-0.1, -0.05) is 11.6 Å². The van der Waals surface area contributed by atoms with E-state index in [1.165, 1.54) is 23.5 Å². The molecule has 1 heterocycles. The number of aromatic nitrogens is 1. The van der Waals surface area contributed by atoms with Crippen LogP contribution in [0, 0.1) is 12.7 Å². The van der Waals surface area contributed by atoms with Crippen LogP contribution >= 0.6 is 22.9 Å². The third-order valence-corrected chi connectivity index (χ3v) is 3.42. The fraction of sp³-hybridized carbons (Fsp3) is 0.167. The van der Waals surface area contributed by atoms with E-state index in [1.54, 1.807) is 6.20 Å². The van der Waals surface area contributed by atoms with Crippen LogP contribution in [0.15, 0.2) is 24.4 Å². The fourth-order valence-electron chi connectivity index (χ4n) is 1.42.